The maximum atomic E-state index is 12.8. The van der Waals surface area contributed by atoms with Crippen LogP contribution in [0.3, 0.4) is 0 Å². The maximum Gasteiger partial charge on any atom is 0.347 e. The molecule has 0 heterocycles. The van der Waals surface area contributed by atoms with Gasteiger partial charge in [-0.3, -0.25) is 0 Å². The first-order valence-electron chi connectivity index (χ1n) is 8.95. The molecular formula is C23H20O7. The van der Waals surface area contributed by atoms with E-state index in [1.807, 2.05) is 6.07 Å². The fourth-order valence-electron chi connectivity index (χ4n) is 2.72. The first-order valence-corrected chi connectivity index (χ1v) is 8.95. The van der Waals surface area contributed by atoms with E-state index < -0.39 is 11.9 Å². The van der Waals surface area contributed by atoms with Crippen LogP contribution in [0.2, 0.25) is 0 Å². The van der Waals surface area contributed by atoms with Crippen LogP contribution in [0.1, 0.15) is 20.7 Å². The van der Waals surface area contributed by atoms with Crippen LogP contribution in [-0.2, 0) is 0 Å². The molecule has 0 amide bonds. The molecule has 0 saturated heterocycles. The second kappa shape index (κ2) is 9.47. The van der Waals surface area contributed by atoms with Crippen LogP contribution in [0, 0.1) is 0 Å². The SMILES string of the molecule is COc1cc(OC)c(C(=O)Oc2ccccc2C(=O)Oc2ccccc2)cc1OC. The van der Waals surface area contributed by atoms with E-state index in [4.69, 9.17) is 23.7 Å². The van der Waals surface area contributed by atoms with Crippen molar-refractivity contribution < 1.29 is 33.3 Å². The Bertz CT molecular complexity index is 1040. The molecular weight excluding hydrogens is 388 g/mol. The van der Waals surface area contributed by atoms with Gasteiger partial charge in [0, 0.05) is 12.1 Å². The van der Waals surface area contributed by atoms with Crippen molar-refractivity contribution in [3.8, 4) is 28.7 Å². The zero-order valence-corrected chi connectivity index (χ0v) is 16.7. The van der Waals surface area contributed by atoms with Gasteiger partial charge in [0.25, 0.3) is 0 Å². The lowest BCUT2D eigenvalue weighted by atomic mass is 10.1. The van der Waals surface area contributed by atoms with Gasteiger partial charge >= 0.3 is 11.9 Å². The van der Waals surface area contributed by atoms with Crippen molar-refractivity contribution in [1.82, 2.24) is 0 Å². The molecule has 30 heavy (non-hydrogen) atoms. The number of benzene rings is 3. The lowest BCUT2D eigenvalue weighted by Crippen LogP contribution is -2.15. The van der Waals surface area contributed by atoms with Crippen molar-refractivity contribution in [3.05, 3.63) is 77.9 Å². The highest BCUT2D eigenvalue weighted by atomic mass is 16.6. The third-order valence-electron chi connectivity index (χ3n) is 4.19. The topological polar surface area (TPSA) is 80.3 Å². The summed E-state index contributed by atoms with van der Waals surface area (Å²) in [6.07, 6.45) is 0. The van der Waals surface area contributed by atoms with E-state index in [0.717, 1.165) is 0 Å². The zero-order chi connectivity index (χ0) is 21.5. The molecule has 0 spiro atoms. The molecule has 154 valence electrons. The molecule has 0 aliphatic heterocycles. The van der Waals surface area contributed by atoms with Crippen LogP contribution in [0.25, 0.3) is 0 Å². The average Bonchev–Trinajstić information content (AvgIpc) is 2.79. The fourth-order valence-corrected chi connectivity index (χ4v) is 2.72. The van der Waals surface area contributed by atoms with E-state index in [2.05, 4.69) is 0 Å². The van der Waals surface area contributed by atoms with E-state index in [1.54, 1.807) is 36.4 Å². The lowest BCUT2D eigenvalue weighted by molar-refractivity contribution is 0.0705. The Morgan fingerprint density at radius 2 is 1.13 bits per heavy atom. The molecule has 3 aromatic carbocycles. The largest absolute Gasteiger partial charge is 0.496 e. The Kier molecular flexibility index (Phi) is 6.54. The van der Waals surface area contributed by atoms with Gasteiger partial charge in [0.2, 0.25) is 0 Å². The van der Waals surface area contributed by atoms with Gasteiger partial charge in [-0.2, -0.15) is 0 Å². The highest BCUT2D eigenvalue weighted by molar-refractivity contribution is 5.98. The minimum Gasteiger partial charge on any atom is -0.496 e. The van der Waals surface area contributed by atoms with Gasteiger partial charge in [0.15, 0.2) is 11.5 Å². The Morgan fingerprint density at radius 1 is 0.567 bits per heavy atom. The van der Waals surface area contributed by atoms with Crippen molar-refractivity contribution in [1.29, 1.82) is 0 Å². The zero-order valence-electron chi connectivity index (χ0n) is 16.7. The Morgan fingerprint density at radius 3 is 1.80 bits per heavy atom. The summed E-state index contributed by atoms with van der Waals surface area (Å²) in [6, 6.07) is 17.9. The monoisotopic (exact) mass is 408 g/mol. The molecule has 7 heteroatoms. The highest BCUT2D eigenvalue weighted by Crippen LogP contribution is 2.35. The third-order valence-corrected chi connectivity index (χ3v) is 4.19. The third kappa shape index (κ3) is 4.52. The number of methoxy groups -OCH3 is 3. The standard InChI is InChI=1S/C23H20O7/c1-26-19-14-21(28-3)20(27-2)13-17(19)23(25)30-18-12-8-7-11-16(18)22(24)29-15-9-5-4-6-10-15/h4-14H,1-3H3. The van der Waals surface area contributed by atoms with Crippen LogP contribution < -0.4 is 23.7 Å². The molecule has 0 fully saturated rings. The number of carbonyl (C=O) groups is 2. The molecule has 0 aliphatic carbocycles. The average molecular weight is 408 g/mol. The molecule has 0 aliphatic rings. The van der Waals surface area contributed by atoms with Crippen LogP contribution in [0.4, 0.5) is 0 Å². The second-order valence-corrected chi connectivity index (χ2v) is 6.00. The number of carbonyl (C=O) groups excluding carboxylic acids is 2. The lowest BCUT2D eigenvalue weighted by Gasteiger charge is -2.14. The second-order valence-electron chi connectivity index (χ2n) is 6.00. The van der Waals surface area contributed by atoms with Gasteiger partial charge < -0.3 is 23.7 Å². The number of ether oxygens (including phenoxy) is 5. The summed E-state index contributed by atoms with van der Waals surface area (Å²) in [7, 11) is 4.35. The smallest absolute Gasteiger partial charge is 0.347 e. The molecule has 7 nitrogen and oxygen atoms in total. The van der Waals surface area contributed by atoms with E-state index in [-0.39, 0.29) is 22.6 Å². The molecule has 0 unspecified atom stereocenters. The maximum absolute atomic E-state index is 12.8. The van der Waals surface area contributed by atoms with Crippen molar-refractivity contribution >= 4 is 11.9 Å². The Labute approximate surface area is 173 Å². The predicted octanol–water partition coefficient (Wildman–Crippen LogP) is 4.15. The highest BCUT2D eigenvalue weighted by Gasteiger charge is 2.22. The van der Waals surface area contributed by atoms with Gasteiger partial charge in [0.1, 0.15) is 28.4 Å². The summed E-state index contributed by atoms with van der Waals surface area (Å²) in [5.41, 5.74) is 0.218. The summed E-state index contributed by atoms with van der Waals surface area (Å²) < 4.78 is 26.6. The summed E-state index contributed by atoms with van der Waals surface area (Å²) in [5, 5.41) is 0. The molecule has 0 saturated carbocycles. The summed E-state index contributed by atoms with van der Waals surface area (Å²) in [5.74, 6) is 0.0313. The van der Waals surface area contributed by atoms with Gasteiger partial charge in [-0.15, -0.1) is 0 Å². The van der Waals surface area contributed by atoms with Crippen molar-refractivity contribution in [2.75, 3.05) is 21.3 Å². The first-order chi connectivity index (χ1) is 14.6. The number of hydrogen-bond acceptors (Lipinski definition) is 7. The summed E-state index contributed by atoms with van der Waals surface area (Å²) in [6.45, 7) is 0. The van der Waals surface area contributed by atoms with Crippen LogP contribution in [0.15, 0.2) is 66.7 Å². The number of para-hydroxylation sites is 2. The van der Waals surface area contributed by atoms with E-state index in [1.165, 1.54) is 45.6 Å². The van der Waals surface area contributed by atoms with Gasteiger partial charge in [-0.1, -0.05) is 30.3 Å². The van der Waals surface area contributed by atoms with Crippen LogP contribution in [0.5, 0.6) is 28.7 Å². The Balaban J connectivity index is 1.88. The fraction of sp³-hybridized carbons (Fsp3) is 0.130. The van der Waals surface area contributed by atoms with Gasteiger partial charge in [-0.05, 0) is 24.3 Å². The molecule has 0 aromatic heterocycles. The quantitative estimate of drug-likeness (QED) is 0.429. The van der Waals surface area contributed by atoms with Crippen molar-refractivity contribution in [2.24, 2.45) is 0 Å². The summed E-state index contributed by atoms with van der Waals surface area (Å²) in [4.78, 5) is 25.4. The minimum absolute atomic E-state index is 0.0558. The molecule has 0 N–H and O–H groups in total. The van der Waals surface area contributed by atoms with Crippen LogP contribution >= 0.6 is 0 Å². The van der Waals surface area contributed by atoms with Gasteiger partial charge in [-0.25, -0.2) is 9.59 Å². The van der Waals surface area contributed by atoms with Gasteiger partial charge in [0.05, 0.1) is 21.3 Å². The molecule has 0 atom stereocenters. The number of hydrogen-bond donors (Lipinski definition) is 0. The van der Waals surface area contributed by atoms with E-state index in [0.29, 0.717) is 17.2 Å². The van der Waals surface area contributed by atoms with E-state index in [9.17, 15) is 9.59 Å². The molecule has 3 rings (SSSR count). The van der Waals surface area contributed by atoms with E-state index >= 15 is 0 Å². The first kappa shape index (κ1) is 20.7. The number of esters is 2. The molecule has 3 aromatic rings. The predicted molar refractivity (Wildman–Crippen MR) is 109 cm³/mol. The molecule has 0 radical (unpaired) electrons. The summed E-state index contributed by atoms with van der Waals surface area (Å²) >= 11 is 0. The Hall–Kier alpha value is -4.00. The minimum atomic E-state index is -0.729. The molecule has 0 bridgehead atoms. The van der Waals surface area contributed by atoms with Crippen molar-refractivity contribution in [3.63, 3.8) is 0 Å². The normalized spacial score (nSPS) is 10.1. The van der Waals surface area contributed by atoms with Crippen LogP contribution in [-0.4, -0.2) is 33.3 Å². The van der Waals surface area contributed by atoms with Crippen molar-refractivity contribution in [2.45, 2.75) is 0 Å². The number of rotatable bonds is 7.